The van der Waals surface area contributed by atoms with Crippen LogP contribution in [0.3, 0.4) is 0 Å². The highest BCUT2D eigenvalue weighted by atomic mass is 15.3. The van der Waals surface area contributed by atoms with Gasteiger partial charge in [0.25, 0.3) is 0 Å². The summed E-state index contributed by atoms with van der Waals surface area (Å²) >= 11 is 0. The third-order valence-electron chi connectivity index (χ3n) is 3.10. The maximum atomic E-state index is 5.54. The van der Waals surface area contributed by atoms with E-state index in [0.29, 0.717) is 6.54 Å². The molecule has 0 aliphatic rings. The summed E-state index contributed by atoms with van der Waals surface area (Å²) < 4.78 is 4.18. The highest BCUT2D eigenvalue weighted by Crippen LogP contribution is 2.19. The predicted molar refractivity (Wildman–Crippen MR) is 66.8 cm³/mol. The Morgan fingerprint density at radius 3 is 2.71 bits per heavy atom. The van der Waals surface area contributed by atoms with Gasteiger partial charge in [0, 0.05) is 13.5 Å². The van der Waals surface area contributed by atoms with Crippen molar-refractivity contribution in [3.8, 4) is 0 Å². The van der Waals surface area contributed by atoms with Crippen molar-refractivity contribution >= 4 is 16.8 Å². The van der Waals surface area contributed by atoms with Crippen LogP contribution in [0.2, 0.25) is 0 Å². The minimum atomic E-state index is 0.680. The second kappa shape index (κ2) is 3.85. The fraction of sp³-hybridized carbons (Fsp3) is 0.333. The van der Waals surface area contributed by atoms with E-state index in [0.717, 1.165) is 30.0 Å². The molecule has 0 fully saturated rings. The minimum Gasteiger partial charge on any atom is -0.330 e. The molecule has 1 aromatic carbocycles. The minimum absolute atomic E-state index is 0.680. The second-order valence-electron chi connectivity index (χ2n) is 4.19. The normalized spacial score (nSPS) is 11.6. The highest BCUT2D eigenvalue weighted by molar-refractivity contribution is 5.80. The second-order valence-corrected chi connectivity index (χ2v) is 4.19. The molecule has 2 N–H and O–H groups in total. The molecule has 2 heterocycles. The zero-order valence-electron chi connectivity index (χ0n) is 9.80. The Balaban J connectivity index is 2.29. The number of para-hydroxylation sites is 2. The van der Waals surface area contributed by atoms with Crippen LogP contribution >= 0.6 is 0 Å². The molecule has 0 unspecified atom stereocenters. The van der Waals surface area contributed by atoms with Crippen molar-refractivity contribution in [2.45, 2.75) is 12.8 Å². The summed E-state index contributed by atoms with van der Waals surface area (Å²) in [7, 11) is 2.01. The van der Waals surface area contributed by atoms with E-state index in [1.807, 2.05) is 19.2 Å². The molecular weight excluding hydrogens is 214 g/mol. The molecule has 0 bridgehead atoms. The zero-order valence-corrected chi connectivity index (χ0v) is 9.80. The van der Waals surface area contributed by atoms with Crippen LogP contribution in [0.1, 0.15) is 12.2 Å². The Morgan fingerprint density at radius 1 is 1.18 bits per heavy atom. The van der Waals surface area contributed by atoms with E-state index >= 15 is 0 Å². The molecule has 0 radical (unpaired) electrons. The molecule has 5 heteroatoms. The van der Waals surface area contributed by atoms with Gasteiger partial charge in [-0.1, -0.05) is 12.1 Å². The van der Waals surface area contributed by atoms with E-state index in [-0.39, 0.29) is 0 Å². The molecule has 0 aliphatic carbocycles. The van der Waals surface area contributed by atoms with Gasteiger partial charge in [0.15, 0.2) is 0 Å². The Hall–Kier alpha value is -1.88. The van der Waals surface area contributed by atoms with Crippen molar-refractivity contribution in [3.05, 3.63) is 30.1 Å². The van der Waals surface area contributed by atoms with Crippen LogP contribution in [0, 0.1) is 0 Å². The Bertz CT molecular complexity index is 664. The number of rotatable bonds is 3. The van der Waals surface area contributed by atoms with Crippen LogP contribution in [0.25, 0.3) is 16.8 Å². The number of imidazole rings is 1. The van der Waals surface area contributed by atoms with Crippen molar-refractivity contribution in [1.29, 1.82) is 0 Å². The molecule has 0 aliphatic heterocycles. The number of nitrogens with zero attached hydrogens (tertiary/aromatic N) is 4. The first-order valence-electron chi connectivity index (χ1n) is 5.80. The summed E-state index contributed by atoms with van der Waals surface area (Å²) in [5.41, 5.74) is 7.87. The molecular formula is C12H15N5. The maximum Gasteiger partial charge on any atom is 0.236 e. The molecule has 0 amide bonds. The number of aromatic nitrogens is 4. The molecule has 0 atom stereocenters. The van der Waals surface area contributed by atoms with Crippen LogP contribution in [-0.2, 0) is 13.5 Å². The molecule has 0 saturated carbocycles. The van der Waals surface area contributed by atoms with Crippen LogP contribution in [0.4, 0.5) is 0 Å². The van der Waals surface area contributed by atoms with E-state index in [1.54, 1.807) is 0 Å². The third-order valence-corrected chi connectivity index (χ3v) is 3.10. The number of hydrogen-bond acceptors (Lipinski definition) is 3. The molecule has 3 aromatic rings. The van der Waals surface area contributed by atoms with Gasteiger partial charge in [0.1, 0.15) is 5.82 Å². The fourth-order valence-electron chi connectivity index (χ4n) is 2.24. The molecule has 3 rings (SSSR count). The van der Waals surface area contributed by atoms with Gasteiger partial charge in [0.2, 0.25) is 5.78 Å². The van der Waals surface area contributed by atoms with Crippen molar-refractivity contribution < 1.29 is 0 Å². The number of benzene rings is 1. The Labute approximate surface area is 98.9 Å². The largest absolute Gasteiger partial charge is 0.330 e. The maximum absolute atomic E-state index is 5.54. The first-order valence-corrected chi connectivity index (χ1v) is 5.80. The van der Waals surface area contributed by atoms with Gasteiger partial charge in [-0.15, -0.1) is 10.2 Å². The van der Waals surface area contributed by atoms with E-state index in [1.165, 1.54) is 5.52 Å². The average molecular weight is 229 g/mol. The highest BCUT2D eigenvalue weighted by Gasteiger charge is 2.13. The first-order chi connectivity index (χ1) is 8.33. The average Bonchev–Trinajstić information content (AvgIpc) is 2.89. The van der Waals surface area contributed by atoms with Gasteiger partial charge in [-0.2, -0.15) is 0 Å². The van der Waals surface area contributed by atoms with Crippen LogP contribution in [0.5, 0.6) is 0 Å². The van der Waals surface area contributed by atoms with Crippen molar-refractivity contribution in [3.63, 3.8) is 0 Å². The molecule has 5 nitrogen and oxygen atoms in total. The monoisotopic (exact) mass is 229 g/mol. The predicted octanol–water partition coefficient (Wildman–Crippen LogP) is 1.11. The Kier molecular flexibility index (Phi) is 2.33. The lowest BCUT2D eigenvalue weighted by molar-refractivity contribution is 0.775. The number of hydrogen-bond donors (Lipinski definition) is 1. The van der Waals surface area contributed by atoms with E-state index in [2.05, 4.69) is 31.3 Å². The zero-order chi connectivity index (χ0) is 11.8. The van der Waals surface area contributed by atoms with Crippen molar-refractivity contribution in [1.82, 2.24) is 19.2 Å². The lowest BCUT2D eigenvalue weighted by Crippen LogP contribution is -2.02. The number of aryl methyl sites for hydroxylation is 2. The summed E-state index contributed by atoms with van der Waals surface area (Å²) in [6.45, 7) is 0.680. The summed E-state index contributed by atoms with van der Waals surface area (Å²) in [5, 5.41) is 8.48. The molecule has 17 heavy (non-hydrogen) atoms. The number of nitrogens with two attached hydrogens (primary N) is 1. The summed E-state index contributed by atoms with van der Waals surface area (Å²) in [6, 6.07) is 8.26. The van der Waals surface area contributed by atoms with Crippen molar-refractivity contribution in [2.75, 3.05) is 6.54 Å². The molecule has 0 spiro atoms. The van der Waals surface area contributed by atoms with Gasteiger partial charge in [0.05, 0.1) is 11.0 Å². The van der Waals surface area contributed by atoms with E-state index < -0.39 is 0 Å². The van der Waals surface area contributed by atoms with E-state index in [4.69, 9.17) is 5.73 Å². The third kappa shape index (κ3) is 1.43. The quantitative estimate of drug-likeness (QED) is 0.732. The smallest absolute Gasteiger partial charge is 0.236 e. The lowest BCUT2D eigenvalue weighted by atomic mass is 10.3. The van der Waals surface area contributed by atoms with E-state index in [9.17, 15) is 0 Å². The summed E-state index contributed by atoms with van der Waals surface area (Å²) in [6.07, 6.45) is 1.80. The fourth-order valence-corrected chi connectivity index (χ4v) is 2.24. The standard InChI is InChI=1S/C12H15N5/c1-16-9-5-2-3-6-10(9)17-11(7-4-8-13)14-15-12(16)17/h2-3,5-6H,4,7-8,13H2,1H3. The van der Waals surface area contributed by atoms with Crippen LogP contribution < -0.4 is 5.73 Å². The number of fused-ring (bicyclic) bond motifs is 3. The van der Waals surface area contributed by atoms with Gasteiger partial charge in [-0.05, 0) is 25.1 Å². The summed E-state index contributed by atoms with van der Waals surface area (Å²) in [5.74, 6) is 1.88. The van der Waals surface area contributed by atoms with Crippen LogP contribution in [-0.4, -0.2) is 25.7 Å². The lowest BCUT2D eigenvalue weighted by Gasteiger charge is -1.96. The Morgan fingerprint density at radius 2 is 1.94 bits per heavy atom. The first kappa shape index (κ1) is 10.3. The van der Waals surface area contributed by atoms with Gasteiger partial charge >= 0.3 is 0 Å². The topological polar surface area (TPSA) is 61.1 Å². The molecule has 88 valence electrons. The molecule has 2 aromatic heterocycles. The van der Waals surface area contributed by atoms with Gasteiger partial charge in [-0.25, -0.2) is 0 Å². The van der Waals surface area contributed by atoms with Gasteiger partial charge in [-0.3, -0.25) is 4.40 Å². The van der Waals surface area contributed by atoms with Crippen molar-refractivity contribution in [2.24, 2.45) is 12.8 Å². The molecule has 0 saturated heterocycles. The summed E-state index contributed by atoms with van der Waals surface area (Å²) in [4.78, 5) is 0. The van der Waals surface area contributed by atoms with Gasteiger partial charge < -0.3 is 10.3 Å². The SMILES string of the molecule is Cn1c2ccccc2n2c(CCCN)nnc12. The van der Waals surface area contributed by atoms with Crippen LogP contribution in [0.15, 0.2) is 24.3 Å².